The van der Waals surface area contributed by atoms with Gasteiger partial charge in [0.1, 0.15) is 5.76 Å². The molecule has 10 heteroatoms. The van der Waals surface area contributed by atoms with E-state index in [2.05, 4.69) is 25.0 Å². The van der Waals surface area contributed by atoms with Crippen molar-refractivity contribution in [2.24, 2.45) is 0 Å². The number of nitrogens with zero attached hydrogens (tertiary/aromatic N) is 1. The Morgan fingerprint density at radius 3 is 2.69 bits per heavy atom. The van der Waals surface area contributed by atoms with Gasteiger partial charge in [-0.15, -0.1) is 0 Å². The number of hydrogen-bond donors (Lipinski definition) is 4. The number of imidazole rings is 1. The molecule has 0 saturated carbocycles. The Morgan fingerprint density at radius 2 is 2.04 bits per heavy atom. The molecule has 7 nitrogen and oxygen atoms in total. The van der Waals surface area contributed by atoms with Gasteiger partial charge < -0.3 is 25.8 Å². The minimum atomic E-state index is -4.71. The zero-order valence-corrected chi connectivity index (χ0v) is 13.4. The van der Waals surface area contributed by atoms with Crippen LogP contribution in [0.1, 0.15) is 11.5 Å². The van der Waals surface area contributed by atoms with Gasteiger partial charge in [-0.3, -0.25) is 0 Å². The highest BCUT2D eigenvalue weighted by atomic mass is 19.4. The highest BCUT2D eigenvalue weighted by Crippen LogP contribution is 2.37. The minimum Gasteiger partial charge on any atom is -0.455 e. The molecule has 2 aromatic heterocycles. The molecule has 26 heavy (non-hydrogen) atoms. The normalized spacial score (nSPS) is 11.4. The number of halogens is 3. The summed E-state index contributed by atoms with van der Waals surface area (Å²) >= 11 is 0. The average molecular weight is 365 g/mol. The van der Waals surface area contributed by atoms with Crippen LogP contribution >= 0.6 is 0 Å². The predicted octanol–water partition coefficient (Wildman–Crippen LogP) is 4.22. The van der Waals surface area contributed by atoms with E-state index < -0.39 is 23.7 Å². The molecule has 3 rings (SSSR count). The zero-order chi connectivity index (χ0) is 18.9. The predicted molar refractivity (Wildman–Crippen MR) is 89.5 cm³/mol. The number of alkyl halides is 3. The fourth-order valence-electron chi connectivity index (χ4n) is 2.35. The van der Waals surface area contributed by atoms with Crippen molar-refractivity contribution in [3.05, 3.63) is 48.0 Å². The molecule has 0 spiro atoms. The summed E-state index contributed by atoms with van der Waals surface area (Å²) in [5, 5.41) is 4.62. The monoisotopic (exact) mass is 365 g/mol. The highest BCUT2D eigenvalue weighted by Gasteiger charge is 2.38. The Hall–Kier alpha value is -3.43. The topological polar surface area (TPSA) is 109 Å². The van der Waals surface area contributed by atoms with Gasteiger partial charge in [0.05, 0.1) is 17.6 Å². The Kier molecular flexibility index (Phi) is 4.33. The number of nitrogens with two attached hydrogens (primary N) is 1. The number of aromatic nitrogens is 2. The van der Waals surface area contributed by atoms with Gasteiger partial charge in [-0.2, -0.15) is 13.2 Å². The van der Waals surface area contributed by atoms with E-state index in [0.29, 0.717) is 16.9 Å². The van der Waals surface area contributed by atoms with E-state index in [-0.39, 0.29) is 11.7 Å². The first-order valence-corrected chi connectivity index (χ1v) is 7.39. The van der Waals surface area contributed by atoms with Gasteiger partial charge in [-0.05, 0) is 19.1 Å². The van der Waals surface area contributed by atoms with Crippen LogP contribution in [0.3, 0.4) is 0 Å². The summed E-state index contributed by atoms with van der Waals surface area (Å²) in [5.74, 6) is -0.982. The molecule has 2 heterocycles. The van der Waals surface area contributed by atoms with Crippen LogP contribution in [0.4, 0.5) is 35.3 Å². The van der Waals surface area contributed by atoms with Crippen molar-refractivity contribution in [3.63, 3.8) is 0 Å². The van der Waals surface area contributed by atoms with Crippen LogP contribution in [-0.2, 0) is 6.18 Å². The molecule has 0 aliphatic rings. The molecule has 0 saturated heterocycles. The Balaban J connectivity index is 1.75. The maximum atomic E-state index is 12.9. The van der Waals surface area contributed by atoms with Gasteiger partial charge in [-0.25, -0.2) is 9.78 Å². The van der Waals surface area contributed by atoms with Crippen molar-refractivity contribution in [2.45, 2.75) is 13.1 Å². The molecule has 0 unspecified atom stereocenters. The molecule has 0 aliphatic carbocycles. The van der Waals surface area contributed by atoms with E-state index in [1.807, 2.05) is 0 Å². The van der Waals surface area contributed by atoms with Crippen molar-refractivity contribution >= 4 is 23.4 Å². The van der Waals surface area contributed by atoms with Crippen molar-refractivity contribution in [3.8, 4) is 11.3 Å². The van der Waals surface area contributed by atoms with E-state index >= 15 is 0 Å². The van der Waals surface area contributed by atoms with Crippen LogP contribution in [0.25, 0.3) is 11.3 Å². The van der Waals surface area contributed by atoms with E-state index in [0.717, 1.165) is 6.07 Å². The number of carbonyl (C=O) groups is 1. The fraction of sp³-hybridized carbons (Fsp3) is 0.125. The van der Waals surface area contributed by atoms with Crippen LogP contribution in [0.2, 0.25) is 0 Å². The Bertz CT molecular complexity index is 946. The molecule has 0 aliphatic heterocycles. The molecule has 1 aromatic carbocycles. The van der Waals surface area contributed by atoms with Crippen LogP contribution in [0.15, 0.2) is 40.9 Å². The van der Waals surface area contributed by atoms with Gasteiger partial charge in [0.2, 0.25) is 5.76 Å². The number of rotatable bonds is 3. The average Bonchev–Trinajstić information content (AvgIpc) is 3.13. The second-order valence-electron chi connectivity index (χ2n) is 5.44. The molecule has 0 bridgehead atoms. The summed E-state index contributed by atoms with van der Waals surface area (Å²) in [6.07, 6.45) is -3.18. The van der Waals surface area contributed by atoms with E-state index in [1.165, 1.54) is 13.1 Å². The van der Waals surface area contributed by atoms with Crippen molar-refractivity contribution < 1.29 is 22.4 Å². The number of anilines is 3. The number of urea groups is 1. The lowest BCUT2D eigenvalue weighted by Gasteiger charge is -2.10. The third-order valence-corrected chi connectivity index (χ3v) is 3.39. The SMILES string of the molecule is Cc1cc(NC(=O)Nc2cccc(-c3cnc(N)[nH]3)c2)c(C(F)(F)F)o1. The van der Waals surface area contributed by atoms with Crippen LogP contribution in [0.5, 0.6) is 0 Å². The quantitative estimate of drug-likeness (QED) is 0.557. The van der Waals surface area contributed by atoms with Crippen LogP contribution < -0.4 is 16.4 Å². The van der Waals surface area contributed by atoms with E-state index in [1.54, 1.807) is 24.3 Å². The summed E-state index contributed by atoms with van der Waals surface area (Å²) in [4.78, 5) is 18.8. The Labute approximate surface area is 145 Å². The molecule has 0 atom stereocenters. The van der Waals surface area contributed by atoms with Gasteiger partial charge in [0.15, 0.2) is 5.95 Å². The summed E-state index contributed by atoms with van der Waals surface area (Å²) in [5.41, 5.74) is 6.78. The van der Waals surface area contributed by atoms with Gasteiger partial charge >= 0.3 is 12.2 Å². The number of aromatic amines is 1. The van der Waals surface area contributed by atoms with Gasteiger partial charge in [0, 0.05) is 17.3 Å². The molecule has 136 valence electrons. The lowest BCUT2D eigenvalue weighted by molar-refractivity contribution is -0.152. The number of carbonyl (C=O) groups excluding carboxylic acids is 1. The number of amides is 2. The number of hydrogen-bond acceptors (Lipinski definition) is 4. The van der Waals surface area contributed by atoms with Gasteiger partial charge in [0.25, 0.3) is 0 Å². The molecule has 3 aromatic rings. The number of benzene rings is 1. The minimum absolute atomic E-state index is 0.0338. The summed E-state index contributed by atoms with van der Waals surface area (Å²) in [6.45, 7) is 1.36. The molecular formula is C16H14F3N5O2. The second-order valence-corrected chi connectivity index (χ2v) is 5.44. The van der Waals surface area contributed by atoms with Crippen LogP contribution in [0, 0.1) is 6.92 Å². The smallest absolute Gasteiger partial charge is 0.451 e. The first-order chi connectivity index (χ1) is 12.2. The molecule has 5 N–H and O–H groups in total. The van der Waals surface area contributed by atoms with Crippen molar-refractivity contribution in [2.75, 3.05) is 16.4 Å². The third kappa shape index (κ3) is 3.79. The maximum absolute atomic E-state index is 12.9. The second kappa shape index (κ2) is 6.47. The number of aryl methyl sites for hydroxylation is 1. The first-order valence-electron chi connectivity index (χ1n) is 7.39. The number of H-pyrrole nitrogens is 1. The standard InChI is InChI=1S/C16H14F3N5O2/c1-8-5-11(13(26-8)16(17,18)19)24-15(25)22-10-4-2-3-9(6-10)12-7-21-14(20)23-12/h2-7H,1H3,(H3,20,21,23)(H2,22,24,25). The van der Waals surface area contributed by atoms with Crippen molar-refractivity contribution in [1.29, 1.82) is 0 Å². The van der Waals surface area contributed by atoms with Crippen molar-refractivity contribution in [1.82, 2.24) is 9.97 Å². The van der Waals surface area contributed by atoms with Gasteiger partial charge in [-0.1, -0.05) is 12.1 Å². The lowest BCUT2D eigenvalue weighted by Crippen LogP contribution is -2.21. The van der Waals surface area contributed by atoms with E-state index in [4.69, 9.17) is 5.73 Å². The lowest BCUT2D eigenvalue weighted by atomic mass is 10.1. The maximum Gasteiger partial charge on any atom is 0.451 e. The summed E-state index contributed by atoms with van der Waals surface area (Å²) in [6, 6.07) is 6.91. The molecule has 0 radical (unpaired) electrons. The molecule has 0 fully saturated rings. The summed E-state index contributed by atoms with van der Waals surface area (Å²) < 4.78 is 43.3. The Morgan fingerprint density at radius 1 is 1.27 bits per heavy atom. The van der Waals surface area contributed by atoms with E-state index in [9.17, 15) is 18.0 Å². The summed E-state index contributed by atoms with van der Waals surface area (Å²) in [7, 11) is 0. The highest BCUT2D eigenvalue weighted by molar-refractivity contribution is 6.00. The zero-order valence-electron chi connectivity index (χ0n) is 13.4. The number of nitrogen functional groups attached to an aromatic ring is 1. The molecule has 2 amide bonds. The van der Waals surface area contributed by atoms with Crippen LogP contribution in [-0.4, -0.2) is 16.0 Å². The fourth-order valence-corrected chi connectivity index (χ4v) is 2.35. The largest absolute Gasteiger partial charge is 0.455 e. The molecular weight excluding hydrogens is 351 g/mol. The number of nitrogens with one attached hydrogen (secondary N) is 3. The number of furan rings is 1. The third-order valence-electron chi connectivity index (χ3n) is 3.39. The first kappa shape index (κ1) is 17.4.